The fourth-order valence-corrected chi connectivity index (χ4v) is 2.81. The first kappa shape index (κ1) is 18.6. The fraction of sp³-hybridized carbons (Fsp3) is 0.562. The predicted molar refractivity (Wildman–Crippen MR) is 102 cm³/mol. The Morgan fingerprint density at radius 3 is 2.71 bits per heavy atom. The number of rotatable bonds is 3. The Morgan fingerprint density at radius 2 is 2.10 bits per heavy atom. The number of guanidine groups is 1. The van der Waals surface area contributed by atoms with E-state index in [0.29, 0.717) is 0 Å². The van der Waals surface area contributed by atoms with Crippen molar-refractivity contribution in [2.45, 2.75) is 26.2 Å². The monoisotopic (exact) mass is 421 g/mol. The van der Waals surface area contributed by atoms with Gasteiger partial charge in [-0.1, -0.05) is 30.7 Å². The minimum absolute atomic E-state index is 0. The highest BCUT2D eigenvalue weighted by Crippen LogP contribution is 2.15. The van der Waals surface area contributed by atoms with Crippen LogP contribution in [0.1, 0.15) is 25.3 Å². The van der Waals surface area contributed by atoms with Crippen LogP contribution in [-0.2, 0) is 6.42 Å². The Hall–Kier alpha value is -0.490. The fourth-order valence-electron chi connectivity index (χ4n) is 2.68. The minimum atomic E-state index is 0. The zero-order chi connectivity index (χ0) is 14.4. The van der Waals surface area contributed by atoms with Crippen LogP contribution in [0.3, 0.4) is 0 Å². The van der Waals surface area contributed by atoms with Gasteiger partial charge in [0.15, 0.2) is 5.96 Å². The molecule has 1 aromatic carbocycles. The molecule has 1 aromatic rings. The first-order chi connectivity index (χ1) is 9.69. The smallest absolute Gasteiger partial charge is 0.193 e. The Bertz CT molecular complexity index is 447. The van der Waals surface area contributed by atoms with Gasteiger partial charge in [0.2, 0.25) is 0 Å². The van der Waals surface area contributed by atoms with Gasteiger partial charge in [0.05, 0.1) is 0 Å². The summed E-state index contributed by atoms with van der Waals surface area (Å²) in [6, 6.07) is 8.04. The summed E-state index contributed by atoms with van der Waals surface area (Å²) >= 11 is 5.89. The van der Waals surface area contributed by atoms with E-state index < -0.39 is 0 Å². The van der Waals surface area contributed by atoms with Gasteiger partial charge in [0, 0.05) is 31.7 Å². The summed E-state index contributed by atoms with van der Waals surface area (Å²) < 4.78 is 0. The third-order valence-corrected chi connectivity index (χ3v) is 4.03. The largest absolute Gasteiger partial charge is 0.356 e. The number of nitrogens with zero attached hydrogens (tertiary/aromatic N) is 2. The molecule has 3 nitrogen and oxygen atoms in total. The van der Waals surface area contributed by atoms with E-state index in [1.54, 1.807) is 0 Å². The van der Waals surface area contributed by atoms with Crippen LogP contribution in [-0.4, -0.2) is 37.5 Å². The van der Waals surface area contributed by atoms with E-state index in [-0.39, 0.29) is 24.0 Å². The highest BCUT2D eigenvalue weighted by atomic mass is 127. The molecule has 1 N–H and O–H groups in total. The van der Waals surface area contributed by atoms with Gasteiger partial charge in [-0.15, -0.1) is 24.0 Å². The van der Waals surface area contributed by atoms with Crippen molar-refractivity contribution in [1.29, 1.82) is 0 Å². The molecule has 0 saturated carbocycles. The lowest BCUT2D eigenvalue weighted by atomic mass is 10.0. The van der Waals surface area contributed by atoms with Gasteiger partial charge >= 0.3 is 0 Å². The highest BCUT2D eigenvalue weighted by molar-refractivity contribution is 14.0. The van der Waals surface area contributed by atoms with Crippen LogP contribution in [0.5, 0.6) is 0 Å². The first-order valence-corrected chi connectivity index (χ1v) is 7.77. The van der Waals surface area contributed by atoms with E-state index in [4.69, 9.17) is 11.6 Å². The van der Waals surface area contributed by atoms with Crippen molar-refractivity contribution < 1.29 is 0 Å². The van der Waals surface area contributed by atoms with E-state index in [1.165, 1.54) is 18.4 Å². The molecule has 1 atom stereocenters. The molecule has 0 aromatic heterocycles. The standard InChI is InChI=1S/C16H24ClN3.HI/c1-13-4-3-11-20(12-13)16(18-2)19-10-9-14-5-7-15(17)8-6-14;/h5-8,13H,3-4,9-12H2,1-2H3,(H,18,19);1H. The summed E-state index contributed by atoms with van der Waals surface area (Å²) in [5, 5.41) is 4.26. The molecular weight excluding hydrogens is 397 g/mol. The maximum Gasteiger partial charge on any atom is 0.193 e. The zero-order valence-corrected chi connectivity index (χ0v) is 15.9. The Morgan fingerprint density at radius 1 is 1.38 bits per heavy atom. The zero-order valence-electron chi connectivity index (χ0n) is 12.8. The number of hydrogen-bond donors (Lipinski definition) is 1. The van der Waals surface area contributed by atoms with Crippen molar-refractivity contribution in [1.82, 2.24) is 10.2 Å². The molecule has 0 spiro atoms. The van der Waals surface area contributed by atoms with Gasteiger partial charge < -0.3 is 10.2 Å². The number of nitrogens with one attached hydrogen (secondary N) is 1. The summed E-state index contributed by atoms with van der Waals surface area (Å²) in [5.41, 5.74) is 1.30. The van der Waals surface area contributed by atoms with Crippen LogP contribution in [0.15, 0.2) is 29.3 Å². The topological polar surface area (TPSA) is 27.6 Å². The summed E-state index contributed by atoms with van der Waals surface area (Å²) in [6.45, 7) is 5.44. The van der Waals surface area contributed by atoms with Crippen LogP contribution in [0, 0.1) is 5.92 Å². The highest BCUT2D eigenvalue weighted by Gasteiger charge is 2.18. The van der Waals surface area contributed by atoms with Gasteiger partial charge in [-0.05, 0) is 42.9 Å². The molecule has 0 amide bonds. The number of likely N-dealkylation sites (tertiary alicyclic amines) is 1. The van der Waals surface area contributed by atoms with Gasteiger partial charge in [-0.25, -0.2) is 0 Å². The second-order valence-electron chi connectivity index (χ2n) is 5.54. The Kier molecular flexibility index (Phi) is 8.41. The lowest BCUT2D eigenvalue weighted by Crippen LogP contribution is -2.46. The number of benzene rings is 1. The lowest BCUT2D eigenvalue weighted by molar-refractivity contribution is 0.266. The van der Waals surface area contributed by atoms with Gasteiger partial charge in [-0.2, -0.15) is 0 Å². The van der Waals surface area contributed by atoms with Crippen molar-refractivity contribution in [2.24, 2.45) is 10.9 Å². The maximum atomic E-state index is 5.89. The van der Waals surface area contributed by atoms with Crippen LogP contribution in [0.2, 0.25) is 5.02 Å². The molecule has 0 aliphatic carbocycles. The number of hydrogen-bond acceptors (Lipinski definition) is 1. The van der Waals surface area contributed by atoms with Crippen LogP contribution < -0.4 is 5.32 Å². The van der Waals surface area contributed by atoms with Gasteiger partial charge in [0.25, 0.3) is 0 Å². The summed E-state index contributed by atoms with van der Waals surface area (Å²) in [4.78, 5) is 6.77. The first-order valence-electron chi connectivity index (χ1n) is 7.39. The molecule has 118 valence electrons. The average molecular weight is 422 g/mol. The third kappa shape index (κ3) is 6.02. The summed E-state index contributed by atoms with van der Waals surface area (Å²) in [6.07, 6.45) is 3.58. The predicted octanol–water partition coefficient (Wildman–Crippen LogP) is 3.81. The molecule has 1 heterocycles. The normalized spacial score (nSPS) is 19.1. The van der Waals surface area contributed by atoms with E-state index in [1.807, 2.05) is 19.2 Å². The summed E-state index contributed by atoms with van der Waals surface area (Å²) in [5.74, 6) is 1.80. The van der Waals surface area contributed by atoms with E-state index >= 15 is 0 Å². The number of halogens is 2. The molecule has 5 heteroatoms. The lowest BCUT2D eigenvalue weighted by Gasteiger charge is -2.33. The molecule has 1 aliphatic rings. The quantitative estimate of drug-likeness (QED) is 0.457. The SMILES string of the molecule is CN=C(NCCc1ccc(Cl)cc1)N1CCCC(C)C1.I. The van der Waals surface area contributed by atoms with Crippen molar-refractivity contribution in [3.05, 3.63) is 34.9 Å². The average Bonchev–Trinajstić information content (AvgIpc) is 2.45. The second kappa shape index (κ2) is 9.51. The maximum absolute atomic E-state index is 5.89. The van der Waals surface area contributed by atoms with Gasteiger partial charge in [0.1, 0.15) is 0 Å². The number of piperidine rings is 1. The molecule has 1 aliphatic heterocycles. The molecule has 21 heavy (non-hydrogen) atoms. The third-order valence-electron chi connectivity index (χ3n) is 3.78. The molecule has 2 rings (SSSR count). The van der Waals surface area contributed by atoms with E-state index in [2.05, 4.69) is 34.3 Å². The Balaban J connectivity index is 0.00000220. The molecular formula is C16H25ClIN3. The molecule has 1 fully saturated rings. The van der Waals surface area contributed by atoms with Gasteiger partial charge in [-0.3, -0.25) is 4.99 Å². The second-order valence-corrected chi connectivity index (χ2v) is 5.98. The minimum Gasteiger partial charge on any atom is -0.356 e. The molecule has 1 unspecified atom stereocenters. The van der Waals surface area contributed by atoms with Crippen molar-refractivity contribution >= 4 is 41.5 Å². The Labute approximate surface area is 150 Å². The molecule has 0 bridgehead atoms. The van der Waals surface area contributed by atoms with Crippen molar-refractivity contribution in [3.8, 4) is 0 Å². The molecule has 0 radical (unpaired) electrons. The van der Waals surface area contributed by atoms with Crippen molar-refractivity contribution in [3.63, 3.8) is 0 Å². The number of aliphatic imine (C=N–C) groups is 1. The molecule has 1 saturated heterocycles. The summed E-state index contributed by atoms with van der Waals surface area (Å²) in [7, 11) is 1.86. The van der Waals surface area contributed by atoms with E-state index in [9.17, 15) is 0 Å². The van der Waals surface area contributed by atoms with Crippen LogP contribution >= 0.6 is 35.6 Å². The van der Waals surface area contributed by atoms with E-state index in [0.717, 1.165) is 43.0 Å². The van der Waals surface area contributed by atoms with Crippen molar-refractivity contribution in [2.75, 3.05) is 26.7 Å². The van der Waals surface area contributed by atoms with Crippen LogP contribution in [0.4, 0.5) is 0 Å². The van der Waals surface area contributed by atoms with Crippen LogP contribution in [0.25, 0.3) is 0 Å².